The van der Waals surface area contributed by atoms with Gasteiger partial charge in [-0.15, -0.1) is 0 Å². The molecule has 0 aromatic heterocycles. The van der Waals surface area contributed by atoms with Gasteiger partial charge in [0.2, 0.25) is 0 Å². The minimum Gasteiger partial charge on any atom is -0.394 e. The first kappa shape index (κ1) is 116. The highest BCUT2D eigenvalue weighted by atomic mass is 16.6. The third-order valence-electron chi connectivity index (χ3n) is 20.9. The Morgan fingerprint density at radius 2 is 0.496 bits per heavy atom. The fourth-order valence-corrected chi connectivity index (χ4v) is 13.9. The maximum absolute atomic E-state index is 8.63. The third-order valence-corrected chi connectivity index (χ3v) is 20.9. The van der Waals surface area contributed by atoms with Crippen LogP contribution < -0.4 is 0 Å². The molecule has 0 radical (unpaired) electrons. The number of rotatable bonds is 90. The Kier molecular flexibility index (Phi) is 98.8. The van der Waals surface area contributed by atoms with Crippen molar-refractivity contribution in [2.24, 2.45) is 0 Å². The van der Waals surface area contributed by atoms with Gasteiger partial charge in [-0.2, -0.15) is 0 Å². The maximum Gasteiger partial charge on any atom is 0.0820 e. The van der Waals surface area contributed by atoms with E-state index in [1.54, 1.807) is 0 Å². The van der Waals surface area contributed by atoms with Gasteiger partial charge < -0.3 is 72.1 Å². The Labute approximate surface area is 703 Å². The average molecular weight is 1620 g/mol. The standard InChI is InChI=1S/C32H68N2O.C32H67NO6.C32H63NO6/c1-11-13-15-17-19-21-31(23-25-33(27(3)4)28(5)6)35-32(22-20-18-16-14-12-2)24-26-34(29(7)8)30(9)10;2*1-4-5-6-7-8-9-10-11-12-13-14-15-16-17-18-19-23-39-32(20-21-33(2)3)31-38-30-29-37-28-27-36-26-25-35-24-22-34/h27-32H,11-26H2,1-10H3;32,34H,4-31H2,1-3H3;8-9,11-12,32,34H,4-7,10,13-31H2,1-3H3/b;;9-8-,12-11-. The number of nitrogens with zero attached hydrogens (tertiary/aromatic N) is 4. The lowest BCUT2D eigenvalue weighted by atomic mass is 10.0. The van der Waals surface area contributed by atoms with E-state index in [1.165, 1.54) is 250 Å². The van der Waals surface area contributed by atoms with Crippen molar-refractivity contribution in [1.82, 2.24) is 19.6 Å². The van der Waals surface area contributed by atoms with E-state index < -0.39 is 0 Å². The molecule has 4 atom stereocenters. The fourth-order valence-electron chi connectivity index (χ4n) is 13.9. The van der Waals surface area contributed by atoms with Gasteiger partial charge in [-0.05, 0) is 167 Å². The molecule has 0 saturated heterocycles. The molecule has 680 valence electrons. The van der Waals surface area contributed by atoms with E-state index in [-0.39, 0.29) is 25.4 Å². The van der Waals surface area contributed by atoms with E-state index in [0.717, 1.165) is 71.5 Å². The number of aliphatic hydroxyl groups excluding tert-OH is 2. The number of hydrogen-bond acceptors (Lipinski definition) is 17. The molecule has 113 heavy (non-hydrogen) atoms. The zero-order chi connectivity index (χ0) is 83.6. The number of unbranched alkanes of at least 4 members (excludes halogenated alkanes) is 32. The summed E-state index contributed by atoms with van der Waals surface area (Å²) in [5.74, 6) is 0. The van der Waals surface area contributed by atoms with Crippen molar-refractivity contribution in [2.45, 2.75) is 414 Å². The van der Waals surface area contributed by atoms with Crippen LogP contribution in [0.3, 0.4) is 0 Å². The second-order valence-corrected chi connectivity index (χ2v) is 33.5. The van der Waals surface area contributed by atoms with Crippen LogP contribution in [0.1, 0.15) is 366 Å². The lowest BCUT2D eigenvalue weighted by molar-refractivity contribution is -0.0431. The SMILES string of the molecule is CCCCC/C=C\C/C=C\CCCCCCCCOC(CCN(C)C)COCCOCCOCCOCCO.CCCCCCCC(CCN(C(C)C)C(C)C)OC(CCCCCCC)CCN(C(C)C)C(C)C.CCCCCCCCCCCCCCCCCCOC(CCN(C)C)COCCOCCOCCOCCO. The summed E-state index contributed by atoms with van der Waals surface area (Å²) in [6.07, 6.45) is 68.0. The summed E-state index contributed by atoms with van der Waals surface area (Å²) in [5.41, 5.74) is 0. The van der Waals surface area contributed by atoms with Gasteiger partial charge in [0.15, 0.2) is 0 Å². The van der Waals surface area contributed by atoms with E-state index in [1.807, 2.05) is 0 Å². The lowest BCUT2D eigenvalue weighted by Gasteiger charge is -2.34. The van der Waals surface area contributed by atoms with Crippen LogP contribution in [-0.4, -0.2) is 265 Å². The molecule has 17 nitrogen and oxygen atoms in total. The van der Waals surface area contributed by atoms with Crippen molar-refractivity contribution in [3.63, 3.8) is 0 Å². The predicted octanol–water partition coefficient (Wildman–Crippen LogP) is 22.3. The monoisotopic (exact) mass is 1620 g/mol. The van der Waals surface area contributed by atoms with Crippen LogP contribution in [0.5, 0.6) is 0 Å². The Bertz CT molecular complexity index is 1750. The van der Waals surface area contributed by atoms with E-state index in [0.29, 0.717) is 142 Å². The quantitative estimate of drug-likeness (QED) is 0.0438. The normalized spacial score (nSPS) is 13.3. The minimum atomic E-state index is 0.0423. The highest BCUT2D eigenvalue weighted by molar-refractivity contribution is 4.92. The van der Waals surface area contributed by atoms with Crippen LogP contribution in [0.4, 0.5) is 0 Å². The molecule has 0 fully saturated rings. The third kappa shape index (κ3) is 92.9. The summed E-state index contributed by atoms with van der Waals surface area (Å²) in [6.45, 7) is 42.3. The van der Waals surface area contributed by atoms with Gasteiger partial charge in [0.1, 0.15) is 0 Å². The number of ether oxygens (including phenoxy) is 11. The number of aliphatic hydroxyl groups is 2. The van der Waals surface area contributed by atoms with Gasteiger partial charge in [0.05, 0.1) is 143 Å². The van der Waals surface area contributed by atoms with Crippen LogP contribution in [0.25, 0.3) is 0 Å². The fraction of sp³-hybridized carbons (Fsp3) is 0.958. The molecule has 0 saturated carbocycles. The van der Waals surface area contributed by atoms with Crippen LogP contribution in [-0.2, 0) is 52.1 Å². The molecule has 0 rings (SSSR count). The lowest BCUT2D eigenvalue weighted by Crippen LogP contribution is -2.40. The summed E-state index contributed by atoms with van der Waals surface area (Å²) < 4.78 is 63.2. The minimum absolute atomic E-state index is 0.0423. The van der Waals surface area contributed by atoms with Crippen LogP contribution in [0.15, 0.2) is 24.3 Å². The largest absolute Gasteiger partial charge is 0.394 e. The second kappa shape index (κ2) is 96.3. The first-order valence-corrected chi connectivity index (χ1v) is 47.9. The summed E-state index contributed by atoms with van der Waals surface area (Å²) in [7, 11) is 8.38. The first-order chi connectivity index (χ1) is 55.0. The van der Waals surface area contributed by atoms with Gasteiger partial charge in [-0.3, -0.25) is 9.80 Å². The van der Waals surface area contributed by atoms with Gasteiger partial charge >= 0.3 is 0 Å². The zero-order valence-electron chi connectivity index (χ0n) is 78.2. The van der Waals surface area contributed by atoms with Crippen molar-refractivity contribution in [2.75, 3.05) is 187 Å². The zero-order valence-corrected chi connectivity index (χ0v) is 78.2. The van der Waals surface area contributed by atoms with Crippen molar-refractivity contribution < 1.29 is 62.3 Å². The predicted molar refractivity (Wildman–Crippen MR) is 484 cm³/mol. The topological polar surface area (TPSA) is 155 Å². The van der Waals surface area contributed by atoms with Gasteiger partial charge in [0, 0.05) is 63.6 Å². The molecule has 2 N–H and O–H groups in total. The molecule has 0 aromatic rings. The molecule has 0 aromatic carbocycles. The summed E-state index contributed by atoms with van der Waals surface area (Å²) in [6, 6.07) is 2.39. The van der Waals surface area contributed by atoms with Crippen molar-refractivity contribution in [3.8, 4) is 0 Å². The molecule has 0 spiro atoms. The number of hydrogen-bond donors (Lipinski definition) is 2. The molecule has 0 bridgehead atoms. The van der Waals surface area contributed by atoms with E-state index >= 15 is 0 Å². The summed E-state index contributed by atoms with van der Waals surface area (Å²) in [4.78, 5) is 9.68. The molecule has 17 heteroatoms. The van der Waals surface area contributed by atoms with Crippen LogP contribution >= 0.6 is 0 Å². The first-order valence-electron chi connectivity index (χ1n) is 47.9. The smallest absolute Gasteiger partial charge is 0.0820 e. The van der Waals surface area contributed by atoms with Crippen LogP contribution in [0, 0.1) is 0 Å². The highest BCUT2D eigenvalue weighted by Crippen LogP contribution is 2.23. The molecular formula is C96H198N4O13. The molecule has 0 aliphatic heterocycles. The Hall–Kier alpha value is -1.20. The molecule has 0 aliphatic carbocycles. The molecule has 0 amide bonds. The Morgan fingerprint density at radius 3 is 0.788 bits per heavy atom. The van der Waals surface area contributed by atoms with E-state index in [2.05, 4.69) is 155 Å². The van der Waals surface area contributed by atoms with E-state index in [4.69, 9.17) is 62.3 Å². The molecule has 0 heterocycles. The Morgan fingerprint density at radius 1 is 0.248 bits per heavy atom. The second-order valence-electron chi connectivity index (χ2n) is 33.5. The molecular weight excluding hydrogens is 1420 g/mol. The molecule has 0 aliphatic rings. The van der Waals surface area contributed by atoms with Gasteiger partial charge in [-0.25, -0.2) is 0 Å². The summed E-state index contributed by atoms with van der Waals surface area (Å²) in [5, 5.41) is 17.3. The summed E-state index contributed by atoms with van der Waals surface area (Å²) >= 11 is 0. The highest BCUT2D eigenvalue weighted by Gasteiger charge is 2.23. The van der Waals surface area contributed by atoms with Gasteiger partial charge in [-0.1, -0.05) is 251 Å². The van der Waals surface area contributed by atoms with Gasteiger partial charge in [0.25, 0.3) is 0 Å². The number of allylic oxidation sites excluding steroid dienone is 4. The van der Waals surface area contributed by atoms with Crippen molar-refractivity contribution >= 4 is 0 Å². The average Bonchev–Trinajstić information content (AvgIpc) is 0.911. The maximum atomic E-state index is 8.63. The molecule has 4 unspecified atom stereocenters. The van der Waals surface area contributed by atoms with Crippen molar-refractivity contribution in [3.05, 3.63) is 24.3 Å². The van der Waals surface area contributed by atoms with Crippen LogP contribution in [0.2, 0.25) is 0 Å². The van der Waals surface area contributed by atoms with Crippen molar-refractivity contribution in [1.29, 1.82) is 0 Å². The van der Waals surface area contributed by atoms with E-state index in [9.17, 15) is 0 Å². The Balaban J connectivity index is -0.00000161.